The van der Waals surface area contributed by atoms with Crippen molar-refractivity contribution in [2.24, 2.45) is 0 Å². The molecule has 10 rings (SSSR count). The zero-order valence-electron chi connectivity index (χ0n) is 33.9. The average molecular weight is 641 g/mol. The summed E-state index contributed by atoms with van der Waals surface area (Å²) < 4.78 is 87.4. The molecule has 0 unspecified atom stereocenters. The zero-order valence-corrected chi connectivity index (χ0v) is 25.7. The van der Waals surface area contributed by atoms with Crippen LogP contribution in [-0.2, 0) is 0 Å². The zero-order chi connectivity index (χ0) is 39.4. The van der Waals surface area contributed by atoms with E-state index >= 15 is 0 Å². The number of hydrogen-bond donors (Lipinski definition) is 0. The molecular formula is C43H25N3OS. The number of rotatable bonds is 4. The molecule has 3 heterocycles. The molecule has 0 atom stereocenters. The van der Waals surface area contributed by atoms with Gasteiger partial charge in [0, 0.05) is 53.0 Å². The Morgan fingerprint density at radius 3 is 2.10 bits per heavy atom. The highest BCUT2D eigenvalue weighted by atomic mass is 32.1. The van der Waals surface area contributed by atoms with Crippen molar-refractivity contribution in [3.8, 4) is 45.3 Å². The largest absolute Gasteiger partial charge is 0.455 e. The number of fused-ring (bicyclic) bond motifs is 8. The van der Waals surface area contributed by atoms with Crippen molar-refractivity contribution in [2.45, 2.75) is 0 Å². The van der Waals surface area contributed by atoms with E-state index in [0.717, 1.165) is 31.3 Å². The van der Waals surface area contributed by atoms with Crippen LogP contribution in [0.25, 0.3) is 98.2 Å². The van der Waals surface area contributed by atoms with Gasteiger partial charge >= 0.3 is 0 Å². The lowest BCUT2D eigenvalue weighted by Crippen LogP contribution is -2.00. The summed E-state index contributed by atoms with van der Waals surface area (Å²) in [6, 6.07) is 27.5. The van der Waals surface area contributed by atoms with E-state index < -0.39 is 48.3 Å². The quantitative estimate of drug-likeness (QED) is 0.192. The summed E-state index contributed by atoms with van der Waals surface area (Å²) in [5.74, 6) is 0.500. The molecule has 10 aromatic rings. The third-order valence-electron chi connectivity index (χ3n) is 8.42. The van der Waals surface area contributed by atoms with Gasteiger partial charge in [-0.2, -0.15) is 0 Å². The van der Waals surface area contributed by atoms with Crippen molar-refractivity contribution in [3.05, 3.63) is 151 Å². The Morgan fingerprint density at radius 1 is 0.521 bits per heavy atom. The summed E-state index contributed by atoms with van der Waals surface area (Å²) in [5, 5.41) is 1.72. The standard InChI is InChI=1S/C43H25N3OS/c1-3-10-26(11-4-1)32-16-9-17-35-33-21-19-30(25-38(33)48-40(32)35)43-45-41(28-13-5-2-6-14-28)44-42(46-43)29-20-23-37-36(24-29)34-22-18-27-12-7-8-15-31(27)39(34)47-37/h1-25H/i7D,8D,12D,15D,18D,20D,22D,23D,24D. The number of aromatic nitrogens is 3. The highest BCUT2D eigenvalue weighted by Crippen LogP contribution is 2.41. The molecule has 0 bridgehead atoms. The lowest BCUT2D eigenvalue weighted by atomic mass is 10.0. The van der Waals surface area contributed by atoms with Crippen LogP contribution >= 0.6 is 11.3 Å². The first-order chi connectivity index (χ1) is 27.5. The minimum atomic E-state index is -0.558. The van der Waals surface area contributed by atoms with Gasteiger partial charge in [-0.3, -0.25) is 0 Å². The first-order valence-electron chi connectivity index (χ1n) is 19.7. The Balaban J connectivity index is 1.23. The highest BCUT2D eigenvalue weighted by molar-refractivity contribution is 7.26. The van der Waals surface area contributed by atoms with Crippen LogP contribution in [0.2, 0.25) is 0 Å². The van der Waals surface area contributed by atoms with Crippen molar-refractivity contribution >= 4 is 64.2 Å². The number of nitrogens with zero attached hydrogens (tertiary/aromatic N) is 3. The molecule has 3 aromatic heterocycles. The molecule has 4 nitrogen and oxygen atoms in total. The molecule has 7 aromatic carbocycles. The van der Waals surface area contributed by atoms with Crippen molar-refractivity contribution in [2.75, 3.05) is 0 Å². The third kappa shape index (κ3) is 4.33. The maximum Gasteiger partial charge on any atom is 0.164 e. The highest BCUT2D eigenvalue weighted by Gasteiger charge is 2.17. The van der Waals surface area contributed by atoms with E-state index in [1.165, 1.54) is 0 Å². The normalized spacial score (nSPS) is 14.4. The Morgan fingerprint density at radius 2 is 1.27 bits per heavy atom. The van der Waals surface area contributed by atoms with Gasteiger partial charge in [-0.25, -0.2) is 15.0 Å². The second kappa shape index (κ2) is 10.7. The van der Waals surface area contributed by atoms with Crippen LogP contribution in [0.1, 0.15) is 12.3 Å². The van der Waals surface area contributed by atoms with Crippen molar-refractivity contribution in [3.63, 3.8) is 0 Å². The van der Waals surface area contributed by atoms with Gasteiger partial charge in [-0.05, 0) is 46.7 Å². The molecule has 0 fully saturated rings. The van der Waals surface area contributed by atoms with Crippen LogP contribution in [-0.4, -0.2) is 15.0 Å². The van der Waals surface area contributed by atoms with Gasteiger partial charge in [0.1, 0.15) is 11.2 Å². The summed E-state index contributed by atoms with van der Waals surface area (Å²) in [5.41, 5.74) is 3.07. The van der Waals surface area contributed by atoms with E-state index in [2.05, 4.69) is 30.3 Å². The van der Waals surface area contributed by atoms with Crippen molar-refractivity contribution < 1.29 is 16.8 Å². The van der Waals surface area contributed by atoms with Gasteiger partial charge in [0.05, 0.1) is 12.3 Å². The molecule has 0 N–H and O–H groups in total. The molecule has 0 amide bonds. The molecular weight excluding hydrogens is 607 g/mol. The molecule has 0 aliphatic heterocycles. The smallest absolute Gasteiger partial charge is 0.164 e. The van der Waals surface area contributed by atoms with Crippen LogP contribution in [0.3, 0.4) is 0 Å². The van der Waals surface area contributed by atoms with E-state index in [-0.39, 0.29) is 61.8 Å². The van der Waals surface area contributed by atoms with Crippen LogP contribution in [0.4, 0.5) is 0 Å². The summed E-state index contributed by atoms with van der Waals surface area (Å²) in [4.78, 5) is 14.5. The minimum Gasteiger partial charge on any atom is -0.455 e. The second-order valence-electron chi connectivity index (χ2n) is 11.3. The minimum absolute atomic E-state index is 0.0539. The number of furan rings is 1. The van der Waals surface area contributed by atoms with Crippen LogP contribution in [0, 0.1) is 0 Å². The summed E-state index contributed by atoms with van der Waals surface area (Å²) in [6.07, 6.45) is 0. The number of thiophene rings is 1. The second-order valence-corrected chi connectivity index (χ2v) is 12.3. The first-order valence-corrected chi connectivity index (χ1v) is 16.0. The van der Waals surface area contributed by atoms with Gasteiger partial charge in [-0.1, -0.05) is 121 Å². The van der Waals surface area contributed by atoms with Gasteiger partial charge in [0.15, 0.2) is 17.5 Å². The fourth-order valence-electron chi connectivity index (χ4n) is 6.14. The Hall–Kier alpha value is -6.17. The van der Waals surface area contributed by atoms with Crippen LogP contribution in [0.5, 0.6) is 0 Å². The van der Waals surface area contributed by atoms with Gasteiger partial charge in [-0.15, -0.1) is 11.3 Å². The topological polar surface area (TPSA) is 51.8 Å². The van der Waals surface area contributed by atoms with Gasteiger partial charge < -0.3 is 4.42 Å². The van der Waals surface area contributed by atoms with Crippen LogP contribution in [0.15, 0.2) is 156 Å². The van der Waals surface area contributed by atoms with E-state index in [4.69, 9.17) is 30.3 Å². The molecule has 48 heavy (non-hydrogen) atoms. The number of benzene rings is 7. The predicted molar refractivity (Wildman–Crippen MR) is 199 cm³/mol. The van der Waals surface area contributed by atoms with Crippen molar-refractivity contribution in [1.29, 1.82) is 0 Å². The Labute approximate surface area is 292 Å². The Kier molecular flexibility index (Phi) is 4.34. The molecule has 0 saturated carbocycles. The molecule has 0 aliphatic rings. The van der Waals surface area contributed by atoms with Crippen molar-refractivity contribution in [1.82, 2.24) is 15.0 Å². The van der Waals surface area contributed by atoms with Gasteiger partial charge in [0.25, 0.3) is 0 Å². The summed E-state index contributed by atoms with van der Waals surface area (Å²) in [7, 11) is 0. The van der Waals surface area contributed by atoms with E-state index in [1.54, 1.807) is 11.3 Å². The lowest BCUT2D eigenvalue weighted by Gasteiger charge is -2.09. The maximum absolute atomic E-state index is 9.51. The fourth-order valence-corrected chi connectivity index (χ4v) is 7.42. The predicted octanol–water partition coefficient (Wildman–Crippen LogP) is 12.0. The summed E-state index contributed by atoms with van der Waals surface area (Å²) >= 11 is 1.66. The third-order valence-corrected chi connectivity index (χ3v) is 9.62. The molecule has 5 heteroatoms. The van der Waals surface area contributed by atoms with E-state index in [1.807, 2.05) is 66.7 Å². The van der Waals surface area contributed by atoms with Gasteiger partial charge in [0.2, 0.25) is 0 Å². The maximum atomic E-state index is 9.51. The van der Waals surface area contributed by atoms with Crippen LogP contribution < -0.4 is 0 Å². The van der Waals surface area contributed by atoms with E-state index in [0.29, 0.717) is 11.1 Å². The van der Waals surface area contributed by atoms with E-state index in [9.17, 15) is 1.37 Å². The fraction of sp³-hybridized carbons (Fsp3) is 0. The SMILES string of the molecule is [2H]c1c(-c2nc(-c3ccccc3)nc(-c3ccc4c(c3)sc3c(-c5ccccc5)cccc34)n2)c([2H])c2c(oc3c4c([2H])c([2H])c([2H])c([2H])c4c([2H])c([2H])c32)c1[2H]. The monoisotopic (exact) mass is 640 g/mol. The average Bonchev–Trinajstić information content (AvgIpc) is 3.83. The first kappa shape index (κ1) is 19.5. The molecule has 0 saturated heterocycles. The molecule has 0 aliphatic carbocycles. The summed E-state index contributed by atoms with van der Waals surface area (Å²) in [6.45, 7) is 0. The molecule has 0 spiro atoms. The lowest BCUT2D eigenvalue weighted by molar-refractivity contribution is 0.672. The molecule has 0 radical (unpaired) electrons. The number of hydrogen-bond acceptors (Lipinski definition) is 5. The molecule has 224 valence electrons. The Bertz CT molecular complexity index is 3350.